The van der Waals surface area contributed by atoms with E-state index in [4.69, 9.17) is 16.3 Å². The lowest BCUT2D eigenvalue weighted by Crippen LogP contribution is -2.12. The average Bonchev–Trinajstić information content (AvgIpc) is 2.67. The number of carbonyl (C=O) groups excluding carboxylic acids is 2. The van der Waals surface area contributed by atoms with Crippen molar-refractivity contribution in [1.82, 2.24) is 4.98 Å². The molecule has 130 valence electrons. The number of amides is 1. The molecule has 0 radical (unpaired) electrons. The van der Waals surface area contributed by atoms with Gasteiger partial charge in [0.2, 0.25) is 0 Å². The van der Waals surface area contributed by atoms with Crippen LogP contribution in [0.2, 0.25) is 5.02 Å². The number of pyridine rings is 1. The average molecular weight is 367 g/mol. The van der Waals surface area contributed by atoms with Crippen molar-refractivity contribution in [1.29, 1.82) is 0 Å². The van der Waals surface area contributed by atoms with Crippen LogP contribution in [0.25, 0.3) is 0 Å². The van der Waals surface area contributed by atoms with Crippen molar-refractivity contribution >= 4 is 29.2 Å². The molecule has 0 atom stereocenters. The van der Waals surface area contributed by atoms with E-state index in [1.807, 2.05) is 30.3 Å². The second kappa shape index (κ2) is 8.27. The van der Waals surface area contributed by atoms with Crippen LogP contribution in [0.5, 0.6) is 0 Å². The van der Waals surface area contributed by atoms with Crippen LogP contribution < -0.4 is 5.32 Å². The van der Waals surface area contributed by atoms with Gasteiger partial charge in [0.25, 0.3) is 5.91 Å². The number of halogens is 1. The number of para-hydroxylation sites is 1. The normalized spacial score (nSPS) is 10.2. The highest BCUT2D eigenvalue weighted by Gasteiger charge is 2.10. The van der Waals surface area contributed by atoms with Gasteiger partial charge in [-0.2, -0.15) is 0 Å². The number of rotatable bonds is 5. The third-order valence-corrected chi connectivity index (χ3v) is 3.78. The maximum Gasteiger partial charge on any atom is 0.357 e. The Kier molecular flexibility index (Phi) is 5.61. The number of hydrogen-bond acceptors (Lipinski definition) is 4. The van der Waals surface area contributed by atoms with Gasteiger partial charge in [-0.25, -0.2) is 9.78 Å². The molecule has 1 amide bonds. The summed E-state index contributed by atoms with van der Waals surface area (Å²) in [5.74, 6) is -0.763. The van der Waals surface area contributed by atoms with Crippen LogP contribution in [-0.2, 0) is 11.3 Å². The Balaban J connectivity index is 1.57. The SMILES string of the molecule is O=C(Nc1ccccc1)c1ccc(COC(=O)c2cc(Cl)ccn2)cc1. The molecule has 3 rings (SSSR count). The van der Waals surface area contributed by atoms with Crippen molar-refractivity contribution in [3.05, 3.63) is 94.8 Å². The standard InChI is InChI=1S/C20H15ClN2O3/c21-16-10-11-22-18(12-16)20(25)26-13-14-6-8-15(9-7-14)19(24)23-17-4-2-1-3-5-17/h1-12H,13H2,(H,23,24). The molecule has 0 saturated carbocycles. The van der Waals surface area contributed by atoms with Gasteiger partial charge in [-0.05, 0) is 42.0 Å². The molecule has 1 aromatic heterocycles. The molecule has 5 nitrogen and oxygen atoms in total. The zero-order chi connectivity index (χ0) is 18.4. The van der Waals surface area contributed by atoms with Gasteiger partial charge < -0.3 is 10.1 Å². The molecule has 0 fully saturated rings. The van der Waals surface area contributed by atoms with Gasteiger partial charge in [-0.1, -0.05) is 41.9 Å². The molecule has 1 N–H and O–H groups in total. The molecule has 0 bridgehead atoms. The van der Waals surface area contributed by atoms with Gasteiger partial charge in [0.05, 0.1) is 0 Å². The van der Waals surface area contributed by atoms with E-state index in [0.717, 1.165) is 11.3 Å². The Labute approximate surface area is 155 Å². The van der Waals surface area contributed by atoms with Crippen molar-refractivity contribution in [2.24, 2.45) is 0 Å². The minimum absolute atomic E-state index is 0.0770. The molecule has 0 unspecified atom stereocenters. The first kappa shape index (κ1) is 17.6. The quantitative estimate of drug-likeness (QED) is 0.682. The maximum absolute atomic E-state index is 12.2. The predicted octanol–water partition coefficient (Wildman–Crippen LogP) is 4.34. The molecule has 0 aliphatic carbocycles. The number of aromatic nitrogens is 1. The van der Waals surface area contributed by atoms with Crippen LogP contribution in [0.1, 0.15) is 26.4 Å². The summed E-state index contributed by atoms with van der Waals surface area (Å²) in [6.07, 6.45) is 1.44. The van der Waals surface area contributed by atoms with Crippen molar-refractivity contribution in [2.45, 2.75) is 6.61 Å². The molecule has 2 aromatic carbocycles. The number of benzene rings is 2. The summed E-state index contributed by atoms with van der Waals surface area (Å²) in [7, 11) is 0. The largest absolute Gasteiger partial charge is 0.456 e. The highest BCUT2D eigenvalue weighted by molar-refractivity contribution is 6.30. The Hall–Kier alpha value is -3.18. The summed E-state index contributed by atoms with van der Waals surface area (Å²) in [5.41, 5.74) is 2.15. The van der Waals surface area contributed by atoms with E-state index >= 15 is 0 Å². The van der Waals surface area contributed by atoms with Crippen molar-refractivity contribution in [3.8, 4) is 0 Å². The number of nitrogens with one attached hydrogen (secondary N) is 1. The van der Waals surface area contributed by atoms with Crippen LogP contribution in [0, 0.1) is 0 Å². The molecular formula is C20H15ClN2O3. The molecule has 3 aromatic rings. The van der Waals surface area contributed by atoms with Crippen molar-refractivity contribution < 1.29 is 14.3 Å². The molecule has 6 heteroatoms. The fraction of sp³-hybridized carbons (Fsp3) is 0.0500. The third-order valence-electron chi connectivity index (χ3n) is 3.55. The van der Waals surface area contributed by atoms with E-state index in [1.165, 1.54) is 12.3 Å². The minimum Gasteiger partial charge on any atom is -0.456 e. The van der Waals surface area contributed by atoms with Crippen LogP contribution in [0.4, 0.5) is 5.69 Å². The topological polar surface area (TPSA) is 68.3 Å². The van der Waals surface area contributed by atoms with Crippen molar-refractivity contribution in [2.75, 3.05) is 5.32 Å². The molecule has 1 heterocycles. The third kappa shape index (κ3) is 4.68. The van der Waals surface area contributed by atoms with E-state index in [-0.39, 0.29) is 18.2 Å². The summed E-state index contributed by atoms with van der Waals surface area (Å²) in [4.78, 5) is 28.0. The lowest BCUT2D eigenvalue weighted by Gasteiger charge is -2.07. The van der Waals surface area contributed by atoms with Gasteiger partial charge in [0, 0.05) is 22.5 Å². The Morgan fingerprint density at radius 3 is 2.42 bits per heavy atom. The Morgan fingerprint density at radius 2 is 1.73 bits per heavy atom. The van der Waals surface area contributed by atoms with Crippen LogP contribution >= 0.6 is 11.6 Å². The van der Waals surface area contributed by atoms with Gasteiger partial charge in [-0.15, -0.1) is 0 Å². The number of anilines is 1. The monoisotopic (exact) mass is 366 g/mol. The lowest BCUT2D eigenvalue weighted by atomic mass is 10.1. The Bertz CT molecular complexity index is 912. The number of hydrogen-bond donors (Lipinski definition) is 1. The van der Waals surface area contributed by atoms with E-state index < -0.39 is 5.97 Å². The molecule has 0 spiro atoms. The van der Waals surface area contributed by atoms with E-state index in [1.54, 1.807) is 30.3 Å². The first-order chi connectivity index (χ1) is 12.6. The summed E-state index contributed by atoms with van der Waals surface area (Å²) in [6, 6.07) is 19.1. The molecule has 0 saturated heterocycles. The van der Waals surface area contributed by atoms with Crippen LogP contribution in [-0.4, -0.2) is 16.9 Å². The number of nitrogens with zero attached hydrogens (tertiary/aromatic N) is 1. The lowest BCUT2D eigenvalue weighted by molar-refractivity contribution is 0.0465. The summed E-state index contributed by atoms with van der Waals surface area (Å²) < 4.78 is 5.20. The first-order valence-corrected chi connectivity index (χ1v) is 8.23. The number of carbonyl (C=O) groups is 2. The highest BCUT2D eigenvalue weighted by atomic mass is 35.5. The molecule has 26 heavy (non-hydrogen) atoms. The number of esters is 1. The zero-order valence-corrected chi connectivity index (χ0v) is 14.4. The summed E-state index contributed by atoms with van der Waals surface area (Å²) >= 11 is 5.83. The van der Waals surface area contributed by atoms with Gasteiger partial charge in [0.15, 0.2) is 0 Å². The Morgan fingerprint density at radius 1 is 1.00 bits per heavy atom. The second-order valence-corrected chi connectivity index (χ2v) is 5.89. The van der Waals surface area contributed by atoms with Gasteiger partial charge in [-0.3, -0.25) is 4.79 Å². The smallest absolute Gasteiger partial charge is 0.357 e. The van der Waals surface area contributed by atoms with E-state index in [0.29, 0.717) is 10.6 Å². The summed E-state index contributed by atoms with van der Waals surface area (Å²) in [6.45, 7) is 0.0770. The van der Waals surface area contributed by atoms with Gasteiger partial charge in [0.1, 0.15) is 12.3 Å². The first-order valence-electron chi connectivity index (χ1n) is 7.86. The zero-order valence-electron chi connectivity index (χ0n) is 13.7. The predicted molar refractivity (Wildman–Crippen MR) is 99.2 cm³/mol. The highest BCUT2D eigenvalue weighted by Crippen LogP contribution is 2.12. The van der Waals surface area contributed by atoms with Crippen molar-refractivity contribution in [3.63, 3.8) is 0 Å². The second-order valence-electron chi connectivity index (χ2n) is 5.45. The van der Waals surface area contributed by atoms with Crippen LogP contribution in [0.3, 0.4) is 0 Å². The number of ether oxygens (including phenoxy) is 1. The van der Waals surface area contributed by atoms with Gasteiger partial charge >= 0.3 is 5.97 Å². The minimum atomic E-state index is -0.557. The fourth-order valence-corrected chi connectivity index (χ4v) is 2.38. The molecular weight excluding hydrogens is 352 g/mol. The maximum atomic E-state index is 12.2. The van der Waals surface area contributed by atoms with Crippen LogP contribution in [0.15, 0.2) is 72.9 Å². The summed E-state index contributed by atoms with van der Waals surface area (Å²) in [5, 5.41) is 3.23. The molecule has 0 aliphatic heterocycles. The molecule has 0 aliphatic rings. The van der Waals surface area contributed by atoms with E-state index in [2.05, 4.69) is 10.3 Å². The van der Waals surface area contributed by atoms with E-state index in [9.17, 15) is 9.59 Å². The fourth-order valence-electron chi connectivity index (χ4n) is 2.22.